The zero-order chi connectivity index (χ0) is 17.3. The van der Waals surface area contributed by atoms with Crippen molar-refractivity contribution < 1.29 is 18.3 Å². The second-order valence-electron chi connectivity index (χ2n) is 6.66. The molecule has 24 heavy (non-hydrogen) atoms. The number of aliphatic hydroxyl groups is 1. The molecule has 7 heteroatoms. The maximum atomic E-state index is 12.8. The van der Waals surface area contributed by atoms with Gasteiger partial charge in [0.05, 0.1) is 11.0 Å². The number of sulfonamides is 1. The third-order valence-electron chi connectivity index (χ3n) is 5.01. The monoisotopic (exact) mass is 352 g/mol. The highest BCUT2D eigenvalue weighted by atomic mass is 32.2. The van der Waals surface area contributed by atoms with Crippen LogP contribution < -0.4 is 0 Å². The first-order valence-electron chi connectivity index (χ1n) is 8.41. The van der Waals surface area contributed by atoms with E-state index in [1.54, 1.807) is 18.2 Å². The van der Waals surface area contributed by atoms with Gasteiger partial charge in [-0.15, -0.1) is 0 Å². The van der Waals surface area contributed by atoms with Gasteiger partial charge >= 0.3 is 0 Å². The molecule has 132 valence electrons. The van der Waals surface area contributed by atoms with Gasteiger partial charge in [-0.25, -0.2) is 8.42 Å². The minimum Gasteiger partial charge on any atom is -0.392 e. The quantitative estimate of drug-likeness (QED) is 0.822. The highest BCUT2D eigenvalue weighted by Gasteiger charge is 2.34. The Morgan fingerprint density at radius 2 is 1.88 bits per heavy atom. The van der Waals surface area contributed by atoms with Crippen LogP contribution in [0.4, 0.5) is 0 Å². The van der Waals surface area contributed by atoms with Crippen LogP contribution in [-0.4, -0.2) is 66.8 Å². The van der Waals surface area contributed by atoms with Gasteiger partial charge in [0, 0.05) is 37.8 Å². The number of piperidine rings is 1. The van der Waals surface area contributed by atoms with E-state index in [4.69, 9.17) is 0 Å². The molecule has 2 saturated heterocycles. The van der Waals surface area contributed by atoms with Crippen LogP contribution in [0.15, 0.2) is 29.2 Å². The number of Topliss-reactive ketones (excluding diaryl/α,β-unsaturated/α-hetero) is 1. The van der Waals surface area contributed by atoms with Gasteiger partial charge in [-0.1, -0.05) is 12.1 Å². The molecule has 0 radical (unpaired) electrons. The van der Waals surface area contributed by atoms with Gasteiger partial charge in [0.25, 0.3) is 0 Å². The van der Waals surface area contributed by atoms with Crippen molar-refractivity contribution in [1.29, 1.82) is 0 Å². The number of hydrogen-bond acceptors (Lipinski definition) is 5. The van der Waals surface area contributed by atoms with Crippen LogP contribution in [0.25, 0.3) is 0 Å². The lowest BCUT2D eigenvalue weighted by molar-refractivity contribution is 0.101. The fraction of sp³-hybridized carbons (Fsp3) is 0.588. The zero-order valence-electron chi connectivity index (χ0n) is 13.9. The van der Waals surface area contributed by atoms with Crippen LogP contribution in [0.1, 0.15) is 36.5 Å². The van der Waals surface area contributed by atoms with Gasteiger partial charge < -0.3 is 5.11 Å². The van der Waals surface area contributed by atoms with Crippen molar-refractivity contribution in [2.45, 2.75) is 43.2 Å². The van der Waals surface area contributed by atoms with Crippen molar-refractivity contribution >= 4 is 15.8 Å². The Morgan fingerprint density at radius 1 is 1.17 bits per heavy atom. The maximum Gasteiger partial charge on any atom is 0.243 e. The molecular weight excluding hydrogens is 328 g/mol. The van der Waals surface area contributed by atoms with Crippen molar-refractivity contribution in [1.82, 2.24) is 9.21 Å². The Balaban J connectivity index is 1.69. The van der Waals surface area contributed by atoms with Gasteiger partial charge in [-0.2, -0.15) is 4.31 Å². The Kier molecular flexibility index (Phi) is 5.05. The fourth-order valence-corrected chi connectivity index (χ4v) is 5.09. The Bertz CT molecular complexity index is 711. The summed E-state index contributed by atoms with van der Waals surface area (Å²) >= 11 is 0. The van der Waals surface area contributed by atoms with Crippen molar-refractivity contribution in [2.75, 3.05) is 26.2 Å². The molecule has 2 heterocycles. The van der Waals surface area contributed by atoms with Gasteiger partial charge in [0.2, 0.25) is 10.0 Å². The summed E-state index contributed by atoms with van der Waals surface area (Å²) in [5.74, 6) is -0.140. The number of aliphatic hydroxyl groups excluding tert-OH is 1. The number of carbonyl (C=O) groups excluding carboxylic acids is 1. The first-order valence-corrected chi connectivity index (χ1v) is 9.85. The van der Waals surface area contributed by atoms with E-state index in [0.29, 0.717) is 31.2 Å². The zero-order valence-corrected chi connectivity index (χ0v) is 14.7. The second kappa shape index (κ2) is 6.92. The molecule has 0 amide bonds. The molecule has 0 saturated carbocycles. The summed E-state index contributed by atoms with van der Waals surface area (Å²) in [5, 5.41) is 9.66. The minimum absolute atomic E-state index is 0.140. The van der Waals surface area contributed by atoms with Crippen molar-refractivity contribution in [3.8, 4) is 0 Å². The predicted molar refractivity (Wildman–Crippen MR) is 90.4 cm³/mol. The summed E-state index contributed by atoms with van der Waals surface area (Å²) in [6, 6.07) is 6.59. The third kappa shape index (κ3) is 3.54. The summed E-state index contributed by atoms with van der Waals surface area (Å²) in [6.45, 7) is 3.97. The first kappa shape index (κ1) is 17.5. The first-order chi connectivity index (χ1) is 11.4. The topological polar surface area (TPSA) is 77.9 Å². The number of likely N-dealkylation sites (tertiary alicyclic amines) is 1. The SMILES string of the molecule is CC(=O)c1cccc(S(=O)(=O)N2CCC(N3CCC(O)C3)CC2)c1. The fourth-order valence-electron chi connectivity index (χ4n) is 3.57. The molecule has 1 N–H and O–H groups in total. The molecule has 1 aromatic carbocycles. The summed E-state index contributed by atoms with van der Waals surface area (Å²) in [6.07, 6.45) is 2.11. The van der Waals surface area contributed by atoms with Crippen molar-refractivity contribution in [3.05, 3.63) is 29.8 Å². The van der Waals surface area contributed by atoms with E-state index >= 15 is 0 Å². The van der Waals surface area contributed by atoms with Crippen LogP contribution >= 0.6 is 0 Å². The molecule has 1 atom stereocenters. The van der Waals surface area contributed by atoms with Gasteiger partial charge in [0.15, 0.2) is 5.78 Å². The summed E-state index contributed by atoms with van der Waals surface area (Å²) in [4.78, 5) is 13.9. The highest BCUT2D eigenvalue weighted by Crippen LogP contribution is 2.25. The van der Waals surface area contributed by atoms with Crippen molar-refractivity contribution in [3.63, 3.8) is 0 Å². The van der Waals surface area contributed by atoms with E-state index in [1.165, 1.54) is 17.3 Å². The van der Waals surface area contributed by atoms with Crippen LogP contribution in [0, 0.1) is 0 Å². The third-order valence-corrected chi connectivity index (χ3v) is 6.91. The summed E-state index contributed by atoms with van der Waals surface area (Å²) < 4.78 is 27.1. The van der Waals surface area contributed by atoms with E-state index in [9.17, 15) is 18.3 Å². The maximum absolute atomic E-state index is 12.8. The molecule has 1 unspecified atom stereocenters. The molecule has 3 rings (SSSR count). The van der Waals surface area contributed by atoms with E-state index in [-0.39, 0.29) is 16.8 Å². The number of nitrogens with zero attached hydrogens (tertiary/aromatic N) is 2. The highest BCUT2D eigenvalue weighted by molar-refractivity contribution is 7.89. The average Bonchev–Trinajstić information content (AvgIpc) is 3.01. The molecule has 1 aromatic rings. The lowest BCUT2D eigenvalue weighted by Crippen LogP contribution is -2.46. The van der Waals surface area contributed by atoms with Crippen molar-refractivity contribution in [2.24, 2.45) is 0 Å². The molecule has 0 aliphatic carbocycles. The predicted octanol–water partition coefficient (Wildman–Crippen LogP) is 1.11. The standard InChI is InChI=1S/C17H24N2O4S/c1-13(20)14-3-2-4-17(11-14)24(22,23)19-9-5-15(6-10-19)18-8-7-16(21)12-18/h2-4,11,15-16,21H,5-10,12H2,1H3. The minimum atomic E-state index is -3.56. The second-order valence-corrected chi connectivity index (χ2v) is 8.59. The van der Waals surface area contributed by atoms with Crippen LogP contribution in [0.5, 0.6) is 0 Å². The number of ketones is 1. The molecule has 2 aliphatic heterocycles. The Morgan fingerprint density at radius 3 is 2.46 bits per heavy atom. The number of carbonyl (C=O) groups is 1. The van der Waals surface area contributed by atoms with Gasteiger partial charge in [-0.05, 0) is 38.3 Å². The summed E-state index contributed by atoms with van der Waals surface area (Å²) in [5.41, 5.74) is 0.414. The van der Waals surface area contributed by atoms with Crippen LogP contribution in [0.2, 0.25) is 0 Å². The molecular formula is C17H24N2O4S. The van der Waals surface area contributed by atoms with Crippen LogP contribution in [0.3, 0.4) is 0 Å². The normalized spacial score (nSPS) is 24.3. The van der Waals surface area contributed by atoms with Gasteiger partial charge in [0.1, 0.15) is 0 Å². The number of hydrogen-bond donors (Lipinski definition) is 1. The number of benzene rings is 1. The lowest BCUT2D eigenvalue weighted by atomic mass is 10.1. The molecule has 0 aromatic heterocycles. The molecule has 2 fully saturated rings. The molecule has 0 bridgehead atoms. The van der Waals surface area contributed by atoms with Gasteiger partial charge in [-0.3, -0.25) is 9.69 Å². The lowest BCUT2D eigenvalue weighted by Gasteiger charge is -2.36. The largest absolute Gasteiger partial charge is 0.392 e. The molecule has 2 aliphatic rings. The van der Waals surface area contributed by atoms with E-state index in [1.807, 2.05) is 0 Å². The Labute approximate surface area is 143 Å². The Hall–Kier alpha value is -1.28. The van der Waals surface area contributed by atoms with E-state index in [2.05, 4.69) is 4.90 Å². The van der Waals surface area contributed by atoms with E-state index < -0.39 is 10.0 Å². The number of rotatable bonds is 4. The molecule has 0 spiro atoms. The molecule has 6 nitrogen and oxygen atoms in total. The number of β-amino-alcohol motifs (C(OH)–C–C–N with tert-alkyl or cyclic N) is 1. The van der Waals surface area contributed by atoms with Crippen LogP contribution in [-0.2, 0) is 10.0 Å². The smallest absolute Gasteiger partial charge is 0.243 e. The van der Waals surface area contributed by atoms with E-state index in [0.717, 1.165) is 25.8 Å². The average molecular weight is 352 g/mol. The summed E-state index contributed by atoms with van der Waals surface area (Å²) in [7, 11) is -3.56.